The van der Waals surface area contributed by atoms with Crippen LogP contribution in [0.15, 0.2) is 53.0 Å². The molecule has 0 saturated carbocycles. The number of benzene rings is 2. The topological polar surface area (TPSA) is 73.9 Å². The second kappa shape index (κ2) is 9.20. The number of nitrogens with one attached hydrogen (secondary N) is 2. The van der Waals surface area contributed by atoms with Crippen LogP contribution in [0, 0.1) is 5.92 Å². The van der Waals surface area contributed by atoms with Crippen LogP contribution in [0.3, 0.4) is 0 Å². The van der Waals surface area contributed by atoms with Crippen molar-refractivity contribution < 1.29 is 14.3 Å². The van der Waals surface area contributed by atoms with Gasteiger partial charge >= 0.3 is 6.03 Å². The van der Waals surface area contributed by atoms with Crippen molar-refractivity contribution in [3.05, 3.63) is 64.1 Å². The molecule has 4 unspecified atom stereocenters. The van der Waals surface area contributed by atoms with E-state index in [0.29, 0.717) is 0 Å². The highest BCUT2D eigenvalue weighted by Crippen LogP contribution is 2.36. The summed E-state index contributed by atoms with van der Waals surface area (Å²) in [5.41, 5.74) is 2.19. The highest BCUT2D eigenvalue weighted by atomic mass is 79.9. The van der Waals surface area contributed by atoms with Crippen LogP contribution in [0.5, 0.6) is 5.75 Å². The van der Waals surface area contributed by atoms with Crippen LogP contribution >= 0.6 is 27.7 Å². The lowest BCUT2D eigenvalue weighted by atomic mass is 9.96. The number of fused-ring (bicyclic) bond motifs is 1. The van der Waals surface area contributed by atoms with Crippen molar-refractivity contribution in [3.63, 3.8) is 0 Å². The van der Waals surface area contributed by atoms with Gasteiger partial charge in [0.25, 0.3) is 0 Å². The Balaban J connectivity index is 1.60. The number of hydrogen-bond donors (Lipinski definition) is 2. The molecule has 2 N–H and O–H groups in total. The number of carbonyl (C=O) groups is 2. The van der Waals surface area contributed by atoms with Crippen LogP contribution in [0.1, 0.15) is 17.3 Å². The van der Waals surface area contributed by atoms with E-state index in [1.165, 1.54) is 10.5 Å². The van der Waals surface area contributed by atoms with E-state index < -0.39 is 12.1 Å². The smallest absolute Gasteiger partial charge is 0.327 e. The van der Waals surface area contributed by atoms with E-state index >= 15 is 0 Å². The molecule has 3 amide bonds. The Kier molecular flexibility index (Phi) is 6.57. The molecule has 4 atom stereocenters. The molecule has 31 heavy (non-hydrogen) atoms. The van der Waals surface area contributed by atoms with Crippen LogP contribution < -0.4 is 15.4 Å². The van der Waals surface area contributed by atoms with Crippen LogP contribution in [0.4, 0.5) is 4.79 Å². The van der Waals surface area contributed by atoms with Gasteiger partial charge in [-0.15, -0.1) is 11.8 Å². The molecule has 0 radical (unpaired) electrons. The number of methoxy groups -OCH3 is 1. The van der Waals surface area contributed by atoms with Crippen LogP contribution in [-0.2, 0) is 10.5 Å². The number of thioether (sulfide) groups is 1. The first-order valence-corrected chi connectivity index (χ1v) is 11.8. The molecule has 7 nitrogen and oxygen atoms in total. The van der Waals surface area contributed by atoms with Crippen molar-refractivity contribution in [2.24, 2.45) is 5.92 Å². The van der Waals surface area contributed by atoms with Gasteiger partial charge in [-0.2, -0.15) is 0 Å². The van der Waals surface area contributed by atoms with Crippen molar-refractivity contribution in [2.45, 2.75) is 23.5 Å². The first-order valence-electron chi connectivity index (χ1n) is 9.95. The SMILES string of the molecule is COc1ccc(C2NC(SCc3ccc(Br)cc3)C3C(=O)N(C)C(=O)N(C)C3N2)cc1. The molecule has 0 bridgehead atoms. The van der Waals surface area contributed by atoms with Gasteiger partial charge in [-0.05, 0) is 35.4 Å². The van der Waals surface area contributed by atoms with Gasteiger partial charge in [-0.1, -0.05) is 40.2 Å². The van der Waals surface area contributed by atoms with Gasteiger partial charge in [-0.3, -0.25) is 20.3 Å². The fourth-order valence-corrected chi connectivity index (χ4v) is 5.49. The van der Waals surface area contributed by atoms with Gasteiger partial charge in [0.2, 0.25) is 5.91 Å². The van der Waals surface area contributed by atoms with Crippen molar-refractivity contribution >= 4 is 39.6 Å². The summed E-state index contributed by atoms with van der Waals surface area (Å²) in [6.07, 6.45) is -0.604. The molecule has 2 fully saturated rings. The molecule has 2 aromatic carbocycles. The minimum absolute atomic E-state index is 0.172. The van der Waals surface area contributed by atoms with Crippen molar-refractivity contribution in [1.82, 2.24) is 20.4 Å². The van der Waals surface area contributed by atoms with E-state index in [0.717, 1.165) is 21.5 Å². The maximum atomic E-state index is 13.1. The predicted molar refractivity (Wildman–Crippen MR) is 124 cm³/mol. The average molecular weight is 505 g/mol. The van der Waals surface area contributed by atoms with E-state index in [2.05, 4.69) is 38.7 Å². The molecule has 2 saturated heterocycles. The van der Waals surface area contributed by atoms with E-state index in [9.17, 15) is 9.59 Å². The number of carbonyl (C=O) groups excluding carboxylic acids is 2. The lowest BCUT2D eigenvalue weighted by molar-refractivity contribution is -0.140. The maximum Gasteiger partial charge on any atom is 0.327 e. The number of rotatable bonds is 5. The van der Waals surface area contributed by atoms with E-state index in [4.69, 9.17) is 4.74 Å². The minimum atomic E-state index is -0.400. The molecule has 9 heteroatoms. The molecule has 0 spiro atoms. The average Bonchev–Trinajstić information content (AvgIpc) is 2.80. The normalized spacial score (nSPS) is 26.1. The summed E-state index contributed by atoms with van der Waals surface area (Å²) in [4.78, 5) is 28.5. The number of urea groups is 1. The Hall–Kier alpha value is -2.07. The summed E-state index contributed by atoms with van der Waals surface area (Å²) < 4.78 is 6.30. The summed E-state index contributed by atoms with van der Waals surface area (Å²) in [7, 11) is 4.92. The number of imide groups is 1. The Morgan fingerprint density at radius 3 is 2.35 bits per heavy atom. The summed E-state index contributed by atoms with van der Waals surface area (Å²) in [6, 6.07) is 15.7. The lowest BCUT2D eigenvalue weighted by Crippen LogP contribution is -2.72. The molecule has 2 aromatic rings. The van der Waals surface area contributed by atoms with Crippen LogP contribution in [-0.4, -0.2) is 54.5 Å². The van der Waals surface area contributed by atoms with Crippen LogP contribution in [0.25, 0.3) is 0 Å². The van der Waals surface area contributed by atoms with E-state index in [1.54, 1.807) is 37.9 Å². The standard InChI is InChI=1S/C22H25BrN4O3S/c1-26-19-17(21(28)27(2)22(26)29)20(31-12-13-4-8-15(23)9-5-13)25-18(24-19)14-6-10-16(30-3)11-7-14/h4-11,17-20,24-25H,12H2,1-3H3. The van der Waals surface area contributed by atoms with Gasteiger partial charge in [0.05, 0.1) is 30.7 Å². The van der Waals surface area contributed by atoms with Gasteiger partial charge in [-0.25, -0.2) is 4.79 Å². The molecule has 0 aromatic heterocycles. The monoisotopic (exact) mass is 504 g/mol. The summed E-state index contributed by atoms with van der Waals surface area (Å²) >= 11 is 5.15. The number of halogens is 1. The third kappa shape index (κ3) is 4.45. The fourth-order valence-electron chi connectivity index (χ4n) is 3.95. The lowest BCUT2D eigenvalue weighted by Gasteiger charge is -2.50. The fraction of sp³-hybridized carbons (Fsp3) is 0.364. The Morgan fingerprint density at radius 2 is 1.71 bits per heavy atom. The van der Waals surface area contributed by atoms with Gasteiger partial charge in [0.15, 0.2) is 0 Å². The molecule has 2 aliphatic rings. The molecule has 164 valence electrons. The zero-order chi connectivity index (χ0) is 22.1. The largest absolute Gasteiger partial charge is 0.497 e. The Bertz CT molecular complexity index is 956. The minimum Gasteiger partial charge on any atom is -0.497 e. The number of hydrogen-bond acceptors (Lipinski definition) is 6. The summed E-state index contributed by atoms with van der Waals surface area (Å²) in [5.74, 6) is 0.954. The molecular weight excluding hydrogens is 480 g/mol. The second-order valence-corrected chi connectivity index (χ2v) is 9.70. The molecular formula is C22H25BrN4O3S. The van der Waals surface area contributed by atoms with Crippen LogP contribution in [0.2, 0.25) is 0 Å². The third-order valence-electron chi connectivity index (χ3n) is 5.75. The summed E-state index contributed by atoms with van der Waals surface area (Å²) in [5, 5.41) is 6.88. The zero-order valence-electron chi connectivity index (χ0n) is 17.5. The van der Waals surface area contributed by atoms with Gasteiger partial charge < -0.3 is 9.64 Å². The molecule has 4 rings (SSSR count). The third-order valence-corrected chi connectivity index (χ3v) is 7.57. The van der Waals surface area contributed by atoms with E-state index in [-0.39, 0.29) is 23.5 Å². The number of nitrogens with zero attached hydrogens (tertiary/aromatic N) is 2. The first kappa shape index (κ1) is 22.1. The van der Waals surface area contributed by atoms with Crippen molar-refractivity contribution in [3.8, 4) is 5.75 Å². The van der Waals surface area contributed by atoms with E-state index in [1.807, 2.05) is 36.4 Å². The van der Waals surface area contributed by atoms with Gasteiger partial charge in [0.1, 0.15) is 5.75 Å². The first-order chi connectivity index (χ1) is 14.9. The highest BCUT2D eigenvalue weighted by molar-refractivity contribution is 9.10. The summed E-state index contributed by atoms with van der Waals surface area (Å²) in [6.45, 7) is 0. The number of amides is 3. The predicted octanol–water partition coefficient (Wildman–Crippen LogP) is 3.37. The Labute approximate surface area is 194 Å². The molecule has 0 aliphatic carbocycles. The van der Waals surface area contributed by atoms with Crippen molar-refractivity contribution in [2.75, 3.05) is 21.2 Å². The van der Waals surface area contributed by atoms with Crippen molar-refractivity contribution in [1.29, 1.82) is 0 Å². The molecule has 2 heterocycles. The zero-order valence-corrected chi connectivity index (χ0v) is 19.9. The quantitative estimate of drug-likeness (QED) is 0.650. The number of ether oxygens (including phenoxy) is 1. The molecule has 2 aliphatic heterocycles. The Morgan fingerprint density at radius 1 is 1.03 bits per heavy atom. The second-order valence-electron chi connectivity index (χ2n) is 7.66. The maximum absolute atomic E-state index is 13.1. The van der Waals surface area contributed by atoms with Gasteiger partial charge in [0, 0.05) is 24.3 Å². The highest BCUT2D eigenvalue weighted by Gasteiger charge is 2.50.